The van der Waals surface area contributed by atoms with Crippen molar-refractivity contribution in [2.24, 2.45) is 22.2 Å². The van der Waals surface area contributed by atoms with Crippen molar-refractivity contribution in [3.63, 3.8) is 0 Å². The summed E-state index contributed by atoms with van der Waals surface area (Å²) in [6.45, 7) is 6.32. The summed E-state index contributed by atoms with van der Waals surface area (Å²) in [6.07, 6.45) is 23.2. The molecule has 0 fully saturated rings. The van der Waals surface area contributed by atoms with Gasteiger partial charge in [-0.3, -0.25) is 14.4 Å². The molecule has 0 heterocycles. The number of aliphatic imine (C=N–C) groups is 1. The summed E-state index contributed by atoms with van der Waals surface area (Å²) in [5, 5.41) is 6.38. The van der Waals surface area contributed by atoms with Crippen LogP contribution in [0.2, 0.25) is 0 Å². The maximum Gasteiger partial charge on any atom is 0.245 e. The molecule has 0 atom stereocenters. The van der Waals surface area contributed by atoms with Crippen molar-refractivity contribution in [1.29, 1.82) is 0 Å². The molecule has 55 heavy (non-hydrogen) atoms. The predicted molar refractivity (Wildman–Crippen MR) is 229 cm³/mol. The lowest BCUT2D eigenvalue weighted by Crippen LogP contribution is -2.43. The summed E-state index contributed by atoms with van der Waals surface area (Å²) in [4.78, 5) is 44.1. The highest BCUT2D eigenvalue weighted by Crippen LogP contribution is 2.61. The maximum absolute atomic E-state index is 13.2. The van der Waals surface area contributed by atoms with E-state index in [4.69, 9.17) is 17.2 Å². The van der Waals surface area contributed by atoms with Crippen LogP contribution in [-0.2, 0) is 19.8 Å². The number of carbonyl (C=O) groups excluding carboxylic acids is 3. The van der Waals surface area contributed by atoms with Gasteiger partial charge in [-0.05, 0) is 129 Å². The first-order chi connectivity index (χ1) is 26.8. The van der Waals surface area contributed by atoms with Crippen molar-refractivity contribution in [3.05, 3.63) is 82.0 Å². The van der Waals surface area contributed by atoms with Crippen LogP contribution in [0.5, 0.6) is 0 Å². The van der Waals surface area contributed by atoms with Gasteiger partial charge in [0.25, 0.3) is 0 Å². The van der Waals surface area contributed by atoms with Crippen LogP contribution in [0.4, 0.5) is 11.4 Å². The largest absolute Gasteiger partial charge is 0.330 e. The minimum Gasteiger partial charge on any atom is -0.330 e. The quantitative estimate of drug-likeness (QED) is 0.0475. The number of rotatable bonds is 26. The van der Waals surface area contributed by atoms with Gasteiger partial charge in [-0.2, -0.15) is 0 Å². The zero-order valence-corrected chi connectivity index (χ0v) is 33.7. The Hall–Kier alpha value is -3.92. The summed E-state index contributed by atoms with van der Waals surface area (Å²) in [7, 11) is 0. The second-order valence-corrected chi connectivity index (χ2v) is 15.3. The van der Waals surface area contributed by atoms with Crippen molar-refractivity contribution in [1.82, 2.24) is 0 Å². The maximum atomic E-state index is 13.2. The fraction of sp³-hybridized carbons (Fsp3) is 0.565. The van der Waals surface area contributed by atoms with E-state index in [0.717, 1.165) is 130 Å². The van der Waals surface area contributed by atoms with Gasteiger partial charge < -0.3 is 27.8 Å². The lowest BCUT2D eigenvalue weighted by Gasteiger charge is -2.51. The van der Waals surface area contributed by atoms with Crippen LogP contribution >= 0.6 is 0 Å². The predicted octanol–water partition coefficient (Wildman–Crippen LogP) is 9.09. The van der Waals surface area contributed by atoms with E-state index in [9.17, 15) is 14.4 Å². The molecule has 3 aliphatic carbocycles. The SMILES string of the molecule is C/C=C\C1=C(C=NC(=O)CCCCCCCN)C2(CC)c3cc(NC(=O)CCCCCCCN)ccc3C1c1ccc(NC(=O)CCCCCCCN)cc12. The highest BCUT2D eigenvalue weighted by Gasteiger charge is 2.51. The Kier molecular flexibility index (Phi) is 18.5. The molecule has 9 heteroatoms. The van der Waals surface area contributed by atoms with Gasteiger partial charge in [-0.25, -0.2) is 4.99 Å². The monoisotopic (exact) mass is 753 g/mol. The van der Waals surface area contributed by atoms with Crippen LogP contribution in [0.1, 0.15) is 164 Å². The Bertz CT molecular complexity index is 1580. The Balaban J connectivity index is 1.67. The summed E-state index contributed by atoms with van der Waals surface area (Å²) < 4.78 is 0. The Labute approximate surface area is 330 Å². The molecule has 3 amide bonds. The average molecular weight is 753 g/mol. The molecule has 9 nitrogen and oxygen atoms in total. The number of nitrogens with one attached hydrogen (secondary N) is 2. The molecule has 0 radical (unpaired) electrons. The second kappa shape index (κ2) is 23.2. The topological polar surface area (TPSA) is 166 Å². The summed E-state index contributed by atoms with van der Waals surface area (Å²) in [5.41, 5.74) is 24.5. The summed E-state index contributed by atoms with van der Waals surface area (Å²) >= 11 is 0. The smallest absolute Gasteiger partial charge is 0.245 e. The number of allylic oxidation sites excluding steroid dienone is 4. The Morgan fingerprint density at radius 1 is 0.655 bits per heavy atom. The number of unbranched alkanes of at least 4 members (excludes halogenated alkanes) is 12. The van der Waals surface area contributed by atoms with Crippen LogP contribution in [0.3, 0.4) is 0 Å². The molecule has 0 unspecified atom stereocenters. The van der Waals surface area contributed by atoms with Crippen LogP contribution in [0, 0.1) is 0 Å². The molecular weight excluding hydrogens is 685 g/mol. The molecule has 0 saturated heterocycles. The summed E-state index contributed by atoms with van der Waals surface area (Å²) in [5.74, 6) is -0.191. The van der Waals surface area contributed by atoms with Crippen molar-refractivity contribution in [2.45, 2.75) is 147 Å². The van der Waals surface area contributed by atoms with Crippen molar-refractivity contribution in [3.8, 4) is 0 Å². The molecule has 2 aromatic carbocycles. The first-order valence-electron chi connectivity index (χ1n) is 21.3. The molecule has 300 valence electrons. The van der Waals surface area contributed by atoms with Gasteiger partial charge in [0.1, 0.15) is 0 Å². The lowest BCUT2D eigenvalue weighted by molar-refractivity contribution is -0.118. The standard InChI is InChI=1S/C46H68N6O3/c1-3-20-36-41(33-50-42(53)21-14-8-5-11-17-28-47)46(4-2)39-31-34(51-43(54)22-15-9-6-12-18-29-48)24-26-37(39)45(36)38-27-25-35(32-40(38)46)52-44(55)23-16-10-7-13-19-30-49/h3,20,24-27,31-33,45H,4-19,21-23,28-30,47-49H2,1-2H3,(H,51,54)(H,52,55)/b20-3-,50-33?. The molecule has 0 spiro atoms. The zero-order chi connectivity index (χ0) is 39.5. The molecule has 0 aliphatic heterocycles. The van der Waals surface area contributed by atoms with Crippen LogP contribution in [0.15, 0.2) is 64.7 Å². The molecule has 2 aromatic rings. The van der Waals surface area contributed by atoms with Gasteiger partial charge in [0.15, 0.2) is 0 Å². The van der Waals surface area contributed by atoms with E-state index >= 15 is 0 Å². The number of benzene rings is 2. The highest BCUT2D eigenvalue weighted by molar-refractivity contribution is 5.99. The number of carbonyl (C=O) groups is 3. The number of hydrogen-bond acceptors (Lipinski definition) is 6. The number of anilines is 2. The van der Waals surface area contributed by atoms with E-state index in [1.165, 1.54) is 11.1 Å². The number of nitrogens with two attached hydrogens (primary N) is 3. The van der Waals surface area contributed by atoms with Gasteiger partial charge in [0.2, 0.25) is 17.7 Å². The number of amides is 3. The highest BCUT2D eigenvalue weighted by atomic mass is 16.2. The number of hydrogen-bond donors (Lipinski definition) is 5. The first-order valence-corrected chi connectivity index (χ1v) is 21.3. The fourth-order valence-corrected chi connectivity index (χ4v) is 8.49. The molecule has 3 aliphatic rings. The van der Waals surface area contributed by atoms with E-state index < -0.39 is 5.41 Å². The third-order valence-corrected chi connectivity index (χ3v) is 11.3. The van der Waals surface area contributed by atoms with Gasteiger partial charge in [0, 0.05) is 48.2 Å². The van der Waals surface area contributed by atoms with E-state index in [0.29, 0.717) is 45.3 Å². The van der Waals surface area contributed by atoms with Crippen LogP contribution in [0.25, 0.3) is 0 Å². The number of nitrogens with zero attached hydrogens (tertiary/aromatic N) is 1. The zero-order valence-electron chi connectivity index (χ0n) is 33.7. The van der Waals surface area contributed by atoms with E-state index in [-0.39, 0.29) is 23.6 Å². The van der Waals surface area contributed by atoms with Crippen molar-refractivity contribution < 1.29 is 14.4 Å². The third kappa shape index (κ3) is 11.8. The van der Waals surface area contributed by atoms with Gasteiger partial charge in [0.05, 0.1) is 0 Å². The van der Waals surface area contributed by atoms with Gasteiger partial charge >= 0.3 is 0 Å². The van der Waals surface area contributed by atoms with Gasteiger partial charge in [-0.1, -0.05) is 89.0 Å². The molecule has 0 saturated carbocycles. The molecule has 0 aromatic heterocycles. The fourth-order valence-electron chi connectivity index (χ4n) is 8.49. The van der Waals surface area contributed by atoms with E-state index in [2.05, 4.69) is 59.0 Å². The van der Waals surface area contributed by atoms with Crippen molar-refractivity contribution in [2.75, 3.05) is 30.3 Å². The minimum atomic E-state index is -0.659. The van der Waals surface area contributed by atoms with E-state index in [1.54, 1.807) is 0 Å². The molecule has 8 N–H and O–H groups in total. The normalized spacial score (nSPS) is 17.2. The lowest BCUT2D eigenvalue weighted by atomic mass is 9.52. The molecule has 2 bridgehead atoms. The second-order valence-electron chi connectivity index (χ2n) is 15.3. The summed E-state index contributed by atoms with van der Waals surface area (Å²) in [6, 6.07) is 12.6. The minimum absolute atomic E-state index is 0.00984. The van der Waals surface area contributed by atoms with Crippen LogP contribution < -0.4 is 27.8 Å². The van der Waals surface area contributed by atoms with Crippen LogP contribution in [-0.4, -0.2) is 43.6 Å². The van der Waals surface area contributed by atoms with Crippen molar-refractivity contribution >= 4 is 35.3 Å². The van der Waals surface area contributed by atoms with Gasteiger partial charge in [-0.15, -0.1) is 0 Å². The Morgan fingerprint density at radius 2 is 1.09 bits per heavy atom. The van der Waals surface area contributed by atoms with E-state index in [1.807, 2.05) is 25.3 Å². The first kappa shape index (κ1) is 43.8. The third-order valence-electron chi connectivity index (χ3n) is 11.3. The average Bonchev–Trinajstić information content (AvgIpc) is 3.18. The molecular formula is C46H68N6O3. The molecule has 5 rings (SSSR count). The Morgan fingerprint density at radius 3 is 1.53 bits per heavy atom.